The molecule has 2 aromatic carbocycles. The topological polar surface area (TPSA) is 71.3 Å². The highest BCUT2D eigenvalue weighted by molar-refractivity contribution is 6.00. The summed E-state index contributed by atoms with van der Waals surface area (Å²) >= 11 is 0. The molecule has 0 saturated heterocycles. The molecule has 0 aliphatic heterocycles. The zero-order valence-corrected chi connectivity index (χ0v) is 15.4. The number of carbonyl (C=O) groups excluding carboxylic acids is 1. The van der Waals surface area contributed by atoms with Crippen LogP contribution in [0.15, 0.2) is 60.9 Å². The Balaban J connectivity index is 1.57. The van der Waals surface area contributed by atoms with Gasteiger partial charge in [0.1, 0.15) is 5.82 Å². The molecule has 0 unspecified atom stereocenters. The number of fused-ring (bicyclic) bond motifs is 1. The van der Waals surface area contributed by atoms with E-state index >= 15 is 0 Å². The number of benzene rings is 2. The van der Waals surface area contributed by atoms with E-state index in [4.69, 9.17) is 0 Å². The minimum Gasteiger partial charge on any atom is -0.308 e. The average molecular weight is 375 g/mol. The number of imidazole rings is 1. The Bertz CT molecular complexity index is 1180. The van der Waals surface area contributed by atoms with Gasteiger partial charge in [-0.3, -0.25) is 4.40 Å². The SMILES string of the molecule is Cc1c(F)cccc1NC(=O)Nc1cccc(-c2nc3ncccn3c2C)c1. The molecule has 0 aliphatic rings. The van der Waals surface area contributed by atoms with Crippen LogP contribution in [0.4, 0.5) is 20.6 Å². The van der Waals surface area contributed by atoms with Crippen molar-refractivity contribution in [1.82, 2.24) is 14.4 Å². The molecule has 140 valence electrons. The molecule has 4 rings (SSSR count). The van der Waals surface area contributed by atoms with Crippen molar-refractivity contribution in [3.8, 4) is 11.3 Å². The van der Waals surface area contributed by atoms with Crippen LogP contribution in [0.25, 0.3) is 17.0 Å². The van der Waals surface area contributed by atoms with E-state index in [0.717, 1.165) is 17.0 Å². The van der Waals surface area contributed by atoms with Gasteiger partial charge >= 0.3 is 6.03 Å². The van der Waals surface area contributed by atoms with Gasteiger partial charge in [0.2, 0.25) is 5.78 Å². The smallest absolute Gasteiger partial charge is 0.308 e. The summed E-state index contributed by atoms with van der Waals surface area (Å²) in [6, 6.07) is 13.4. The maximum Gasteiger partial charge on any atom is 0.323 e. The standard InChI is InChI=1S/C21H18FN5O/c1-13-17(22)8-4-9-18(13)25-21(28)24-16-7-3-6-15(12-16)19-14(2)27-11-5-10-23-20(27)26-19/h3-12H,1-2H3,(H2,24,25,28). The lowest BCUT2D eigenvalue weighted by Crippen LogP contribution is -2.20. The zero-order valence-electron chi connectivity index (χ0n) is 15.4. The van der Waals surface area contributed by atoms with Crippen LogP contribution in [0.1, 0.15) is 11.3 Å². The summed E-state index contributed by atoms with van der Waals surface area (Å²) in [5, 5.41) is 5.45. The molecule has 6 nitrogen and oxygen atoms in total. The molecule has 0 fully saturated rings. The third-order valence-electron chi connectivity index (χ3n) is 4.55. The first-order valence-electron chi connectivity index (χ1n) is 8.76. The third kappa shape index (κ3) is 3.29. The molecular formula is C21H18FN5O. The number of aryl methyl sites for hydroxylation is 1. The molecule has 2 N–H and O–H groups in total. The number of urea groups is 1. The molecule has 0 radical (unpaired) electrons. The van der Waals surface area contributed by atoms with Gasteiger partial charge in [0, 0.05) is 40.6 Å². The van der Waals surface area contributed by atoms with Crippen LogP contribution in [-0.2, 0) is 0 Å². The number of hydrogen-bond acceptors (Lipinski definition) is 3. The van der Waals surface area contributed by atoms with Crippen molar-refractivity contribution in [3.05, 3.63) is 78.0 Å². The van der Waals surface area contributed by atoms with Gasteiger partial charge in [-0.1, -0.05) is 18.2 Å². The summed E-state index contributed by atoms with van der Waals surface area (Å²) in [4.78, 5) is 21.2. The summed E-state index contributed by atoms with van der Waals surface area (Å²) in [5.41, 5.74) is 4.04. The molecule has 0 atom stereocenters. The molecular weight excluding hydrogens is 357 g/mol. The lowest BCUT2D eigenvalue weighted by Gasteiger charge is -2.11. The molecule has 2 amide bonds. The first-order valence-corrected chi connectivity index (χ1v) is 8.76. The van der Waals surface area contributed by atoms with E-state index in [-0.39, 0.29) is 5.82 Å². The van der Waals surface area contributed by atoms with Gasteiger partial charge in [-0.15, -0.1) is 0 Å². The van der Waals surface area contributed by atoms with Crippen molar-refractivity contribution in [2.45, 2.75) is 13.8 Å². The van der Waals surface area contributed by atoms with Crippen molar-refractivity contribution in [3.63, 3.8) is 0 Å². The minimum absolute atomic E-state index is 0.365. The lowest BCUT2D eigenvalue weighted by molar-refractivity contribution is 0.262. The molecule has 0 spiro atoms. The summed E-state index contributed by atoms with van der Waals surface area (Å²) in [5.74, 6) is 0.253. The normalized spacial score (nSPS) is 10.8. The quantitative estimate of drug-likeness (QED) is 0.540. The molecule has 0 aliphatic carbocycles. The van der Waals surface area contributed by atoms with Gasteiger partial charge in [-0.05, 0) is 44.2 Å². The van der Waals surface area contributed by atoms with Gasteiger partial charge in [0.15, 0.2) is 0 Å². The van der Waals surface area contributed by atoms with Crippen molar-refractivity contribution in [1.29, 1.82) is 0 Å². The van der Waals surface area contributed by atoms with E-state index in [1.54, 1.807) is 31.3 Å². The zero-order chi connectivity index (χ0) is 19.7. The van der Waals surface area contributed by atoms with Crippen LogP contribution in [0, 0.1) is 19.7 Å². The number of nitrogens with zero attached hydrogens (tertiary/aromatic N) is 3. The maximum absolute atomic E-state index is 13.6. The Kier molecular flexibility index (Phi) is 4.49. The number of carbonyl (C=O) groups is 1. The fourth-order valence-electron chi connectivity index (χ4n) is 3.05. The van der Waals surface area contributed by atoms with Crippen LogP contribution in [0.5, 0.6) is 0 Å². The molecule has 4 aromatic rings. The van der Waals surface area contributed by atoms with E-state index < -0.39 is 6.03 Å². The molecule has 0 saturated carbocycles. The number of rotatable bonds is 3. The number of hydrogen-bond donors (Lipinski definition) is 2. The molecule has 7 heteroatoms. The van der Waals surface area contributed by atoms with Crippen molar-refractivity contribution in [2.75, 3.05) is 10.6 Å². The Morgan fingerprint density at radius 2 is 1.89 bits per heavy atom. The Hall–Kier alpha value is -3.74. The van der Waals surface area contributed by atoms with Gasteiger partial charge in [0.25, 0.3) is 0 Å². The van der Waals surface area contributed by atoms with Crippen molar-refractivity contribution in [2.24, 2.45) is 0 Å². The summed E-state index contributed by atoms with van der Waals surface area (Å²) in [6.45, 7) is 3.59. The van der Waals surface area contributed by atoms with Gasteiger partial charge < -0.3 is 10.6 Å². The number of nitrogens with one attached hydrogen (secondary N) is 2. The summed E-state index contributed by atoms with van der Waals surface area (Å²) < 4.78 is 15.5. The predicted molar refractivity (Wildman–Crippen MR) is 107 cm³/mol. The van der Waals surface area contributed by atoms with E-state index in [1.807, 2.05) is 41.8 Å². The first kappa shape index (κ1) is 17.7. The fourth-order valence-corrected chi connectivity index (χ4v) is 3.05. The van der Waals surface area contributed by atoms with Gasteiger partial charge in [-0.25, -0.2) is 19.2 Å². The number of anilines is 2. The summed E-state index contributed by atoms with van der Waals surface area (Å²) in [6.07, 6.45) is 3.60. The second-order valence-electron chi connectivity index (χ2n) is 6.41. The predicted octanol–water partition coefficient (Wildman–Crippen LogP) is 4.80. The molecule has 0 bridgehead atoms. The Morgan fingerprint density at radius 3 is 2.71 bits per heavy atom. The van der Waals surface area contributed by atoms with Crippen molar-refractivity contribution < 1.29 is 9.18 Å². The Labute approximate surface area is 161 Å². The van der Waals surface area contributed by atoms with E-state index in [0.29, 0.717) is 22.7 Å². The van der Waals surface area contributed by atoms with E-state index in [1.165, 1.54) is 6.07 Å². The van der Waals surface area contributed by atoms with Crippen LogP contribution >= 0.6 is 0 Å². The highest BCUT2D eigenvalue weighted by Crippen LogP contribution is 2.26. The second kappa shape index (κ2) is 7.11. The molecule has 28 heavy (non-hydrogen) atoms. The second-order valence-corrected chi connectivity index (χ2v) is 6.41. The van der Waals surface area contributed by atoms with E-state index in [9.17, 15) is 9.18 Å². The van der Waals surface area contributed by atoms with Crippen LogP contribution < -0.4 is 10.6 Å². The Morgan fingerprint density at radius 1 is 1.07 bits per heavy atom. The van der Waals surface area contributed by atoms with Crippen LogP contribution in [0.2, 0.25) is 0 Å². The number of amides is 2. The fraction of sp³-hybridized carbons (Fsp3) is 0.0952. The van der Waals surface area contributed by atoms with Gasteiger partial charge in [-0.2, -0.15) is 0 Å². The largest absolute Gasteiger partial charge is 0.323 e. The van der Waals surface area contributed by atoms with E-state index in [2.05, 4.69) is 20.6 Å². The number of aromatic nitrogens is 3. The van der Waals surface area contributed by atoms with Crippen molar-refractivity contribution >= 4 is 23.2 Å². The first-order chi connectivity index (χ1) is 13.5. The monoisotopic (exact) mass is 375 g/mol. The number of halogens is 1. The van der Waals surface area contributed by atoms with Crippen LogP contribution in [0.3, 0.4) is 0 Å². The van der Waals surface area contributed by atoms with Gasteiger partial charge in [0.05, 0.1) is 5.69 Å². The minimum atomic E-state index is -0.445. The third-order valence-corrected chi connectivity index (χ3v) is 4.55. The summed E-state index contributed by atoms with van der Waals surface area (Å²) in [7, 11) is 0. The highest BCUT2D eigenvalue weighted by atomic mass is 19.1. The average Bonchev–Trinajstić information content (AvgIpc) is 3.03. The molecule has 2 heterocycles. The molecule has 2 aromatic heterocycles. The van der Waals surface area contributed by atoms with Crippen LogP contribution in [-0.4, -0.2) is 20.4 Å². The maximum atomic E-state index is 13.6. The lowest BCUT2D eigenvalue weighted by atomic mass is 10.1. The highest BCUT2D eigenvalue weighted by Gasteiger charge is 2.12.